The Morgan fingerprint density at radius 1 is 1.28 bits per heavy atom. The molecule has 0 radical (unpaired) electrons. The van der Waals surface area contributed by atoms with Crippen molar-refractivity contribution in [3.63, 3.8) is 0 Å². The number of aromatic nitrogens is 5. The van der Waals surface area contributed by atoms with Crippen molar-refractivity contribution in [1.82, 2.24) is 24.7 Å². The Hall–Kier alpha value is -2.70. The molecule has 3 heterocycles. The molecule has 0 aliphatic carbocycles. The maximum absolute atomic E-state index is 5.61. The minimum Gasteiger partial charge on any atom is -0.384 e. The second-order valence-corrected chi connectivity index (χ2v) is 3.76. The lowest BCUT2D eigenvalue weighted by Crippen LogP contribution is -1.92. The van der Waals surface area contributed by atoms with E-state index in [1.807, 2.05) is 7.05 Å². The Bertz CT molecular complexity index is 686. The van der Waals surface area contributed by atoms with Gasteiger partial charge in [-0.05, 0) is 12.1 Å². The molecule has 0 amide bonds. The molecule has 3 rings (SSSR count). The second kappa shape index (κ2) is 3.95. The summed E-state index contributed by atoms with van der Waals surface area (Å²) in [6.07, 6.45) is 3.34. The number of pyridine rings is 1. The average molecular weight is 242 g/mol. The summed E-state index contributed by atoms with van der Waals surface area (Å²) in [6.45, 7) is 0. The van der Waals surface area contributed by atoms with Gasteiger partial charge in [0.05, 0.1) is 12.5 Å². The Kier molecular flexibility index (Phi) is 2.30. The van der Waals surface area contributed by atoms with Crippen LogP contribution in [0.3, 0.4) is 0 Å². The number of hydrogen-bond acceptors (Lipinski definition) is 6. The molecule has 0 bridgehead atoms. The number of nitrogens with zero attached hydrogens (tertiary/aromatic N) is 5. The molecule has 3 aromatic heterocycles. The summed E-state index contributed by atoms with van der Waals surface area (Å²) in [5.41, 5.74) is 6.93. The molecular formula is C11H10N6O. The van der Waals surface area contributed by atoms with Gasteiger partial charge in [-0.15, -0.1) is 0 Å². The maximum atomic E-state index is 5.61. The largest absolute Gasteiger partial charge is 0.384 e. The van der Waals surface area contributed by atoms with E-state index in [4.69, 9.17) is 10.3 Å². The lowest BCUT2D eigenvalue weighted by atomic mass is 10.3. The lowest BCUT2D eigenvalue weighted by Gasteiger charge is -1.94. The highest BCUT2D eigenvalue weighted by atomic mass is 16.5. The quantitative estimate of drug-likeness (QED) is 0.723. The van der Waals surface area contributed by atoms with Crippen molar-refractivity contribution in [3.8, 4) is 23.1 Å². The number of hydrogen-bond donors (Lipinski definition) is 1. The average Bonchev–Trinajstić information content (AvgIpc) is 2.97. The van der Waals surface area contributed by atoms with Crippen molar-refractivity contribution < 1.29 is 4.52 Å². The third-order valence-electron chi connectivity index (χ3n) is 2.46. The van der Waals surface area contributed by atoms with Crippen molar-refractivity contribution in [2.75, 3.05) is 5.73 Å². The first-order chi connectivity index (χ1) is 8.74. The summed E-state index contributed by atoms with van der Waals surface area (Å²) in [7, 11) is 1.86. The molecule has 18 heavy (non-hydrogen) atoms. The molecule has 0 unspecified atom stereocenters. The first kappa shape index (κ1) is 10.5. The second-order valence-electron chi connectivity index (χ2n) is 3.76. The number of imidazole rings is 1. The van der Waals surface area contributed by atoms with Gasteiger partial charge in [0, 0.05) is 7.05 Å². The Morgan fingerprint density at radius 3 is 2.89 bits per heavy atom. The fourth-order valence-corrected chi connectivity index (χ4v) is 1.57. The van der Waals surface area contributed by atoms with Gasteiger partial charge in [-0.2, -0.15) is 4.98 Å². The highest BCUT2D eigenvalue weighted by Gasteiger charge is 2.13. The van der Waals surface area contributed by atoms with Crippen LogP contribution < -0.4 is 5.73 Å². The Balaban J connectivity index is 2.02. The van der Waals surface area contributed by atoms with Crippen LogP contribution in [0.15, 0.2) is 35.2 Å². The first-order valence-electron chi connectivity index (χ1n) is 5.27. The van der Waals surface area contributed by atoms with Gasteiger partial charge in [-0.3, -0.25) is 0 Å². The molecule has 0 atom stereocenters. The van der Waals surface area contributed by atoms with E-state index in [0.717, 1.165) is 5.69 Å². The smallest absolute Gasteiger partial charge is 0.276 e. The first-order valence-corrected chi connectivity index (χ1v) is 5.27. The van der Waals surface area contributed by atoms with E-state index < -0.39 is 0 Å². The van der Waals surface area contributed by atoms with E-state index in [1.165, 1.54) is 0 Å². The zero-order chi connectivity index (χ0) is 12.5. The number of nitrogen functional groups attached to an aromatic ring is 1. The summed E-state index contributed by atoms with van der Waals surface area (Å²) < 4.78 is 6.97. The van der Waals surface area contributed by atoms with Crippen LogP contribution in [-0.2, 0) is 7.05 Å². The van der Waals surface area contributed by atoms with Gasteiger partial charge in [0.25, 0.3) is 5.89 Å². The van der Waals surface area contributed by atoms with Crippen LogP contribution >= 0.6 is 0 Å². The number of rotatable bonds is 2. The van der Waals surface area contributed by atoms with Gasteiger partial charge in [0.2, 0.25) is 5.82 Å². The maximum Gasteiger partial charge on any atom is 0.276 e. The minimum atomic E-state index is 0.332. The molecule has 90 valence electrons. The van der Waals surface area contributed by atoms with Crippen LogP contribution in [0.5, 0.6) is 0 Å². The van der Waals surface area contributed by atoms with Crippen molar-refractivity contribution in [2.24, 2.45) is 7.05 Å². The van der Waals surface area contributed by atoms with Crippen LogP contribution in [0.2, 0.25) is 0 Å². The van der Waals surface area contributed by atoms with E-state index in [2.05, 4.69) is 20.1 Å². The van der Waals surface area contributed by atoms with Crippen LogP contribution in [0, 0.1) is 0 Å². The van der Waals surface area contributed by atoms with E-state index in [0.29, 0.717) is 23.2 Å². The molecule has 0 fully saturated rings. The van der Waals surface area contributed by atoms with Crippen molar-refractivity contribution >= 4 is 5.82 Å². The normalized spacial score (nSPS) is 10.7. The topological polar surface area (TPSA) is 95.7 Å². The zero-order valence-corrected chi connectivity index (χ0v) is 9.61. The molecule has 7 heteroatoms. The van der Waals surface area contributed by atoms with Crippen LogP contribution in [0.25, 0.3) is 23.1 Å². The number of nitrogens with two attached hydrogens (primary N) is 1. The van der Waals surface area contributed by atoms with Gasteiger partial charge < -0.3 is 14.8 Å². The van der Waals surface area contributed by atoms with Crippen LogP contribution in [-0.4, -0.2) is 24.7 Å². The van der Waals surface area contributed by atoms with Gasteiger partial charge in [0.1, 0.15) is 17.2 Å². The minimum absolute atomic E-state index is 0.332. The fourth-order valence-electron chi connectivity index (χ4n) is 1.57. The van der Waals surface area contributed by atoms with Crippen molar-refractivity contribution in [2.45, 2.75) is 0 Å². The predicted molar refractivity (Wildman–Crippen MR) is 64.1 cm³/mol. The van der Waals surface area contributed by atoms with Crippen molar-refractivity contribution in [1.29, 1.82) is 0 Å². The van der Waals surface area contributed by atoms with E-state index in [1.54, 1.807) is 35.3 Å². The van der Waals surface area contributed by atoms with Crippen LogP contribution in [0.4, 0.5) is 5.82 Å². The molecular weight excluding hydrogens is 232 g/mol. The SMILES string of the molecule is Cn1cncc1-c1noc(-c2cccc(N)n2)n1. The molecule has 0 saturated carbocycles. The molecule has 0 saturated heterocycles. The van der Waals surface area contributed by atoms with E-state index in [9.17, 15) is 0 Å². The third-order valence-corrected chi connectivity index (χ3v) is 2.46. The highest BCUT2D eigenvalue weighted by molar-refractivity contribution is 5.55. The number of aryl methyl sites for hydroxylation is 1. The summed E-state index contributed by atoms with van der Waals surface area (Å²) in [6, 6.07) is 5.24. The monoisotopic (exact) mass is 242 g/mol. The molecule has 7 nitrogen and oxygen atoms in total. The molecule has 0 aromatic carbocycles. The summed E-state index contributed by atoms with van der Waals surface area (Å²) in [5.74, 6) is 1.21. The zero-order valence-electron chi connectivity index (χ0n) is 9.61. The molecule has 0 aliphatic rings. The Morgan fingerprint density at radius 2 is 2.17 bits per heavy atom. The van der Waals surface area contributed by atoms with E-state index >= 15 is 0 Å². The van der Waals surface area contributed by atoms with Gasteiger partial charge in [-0.1, -0.05) is 11.2 Å². The van der Waals surface area contributed by atoms with Crippen LogP contribution in [0.1, 0.15) is 0 Å². The van der Waals surface area contributed by atoms with Crippen molar-refractivity contribution in [3.05, 3.63) is 30.7 Å². The molecule has 3 aromatic rings. The predicted octanol–water partition coefficient (Wildman–Crippen LogP) is 1.11. The standard InChI is InChI=1S/C11H10N6O/c1-17-6-13-5-8(17)10-15-11(18-16-10)7-3-2-4-9(12)14-7/h2-6H,1H3,(H2,12,14). The summed E-state index contributed by atoms with van der Waals surface area (Å²) in [5, 5.41) is 3.90. The van der Waals surface area contributed by atoms with E-state index in [-0.39, 0.29) is 0 Å². The van der Waals surface area contributed by atoms with Gasteiger partial charge in [-0.25, -0.2) is 9.97 Å². The third kappa shape index (κ3) is 1.71. The molecule has 0 aliphatic heterocycles. The summed E-state index contributed by atoms with van der Waals surface area (Å²) in [4.78, 5) is 12.4. The Labute approximate surface area is 102 Å². The van der Waals surface area contributed by atoms with Gasteiger partial charge in [0.15, 0.2) is 0 Å². The highest BCUT2D eigenvalue weighted by Crippen LogP contribution is 2.20. The van der Waals surface area contributed by atoms with Gasteiger partial charge >= 0.3 is 0 Å². The lowest BCUT2D eigenvalue weighted by molar-refractivity contribution is 0.430. The molecule has 0 spiro atoms. The molecule has 2 N–H and O–H groups in total. The fraction of sp³-hybridized carbons (Fsp3) is 0.0909. The number of anilines is 1. The summed E-state index contributed by atoms with van der Waals surface area (Å²) >= 11 is 0.